The summed E-state index contributed by atoms with van der Waals surface area (Å²) in [5.74, 6) is -3.63. The third-order valence-electron chi connectivity index (χ3n) is 1.72. The zero-order valence-corrected chi connectivity index (χ0v) is 9.42. The Morgan fingerprint density at radius 1 is 1.05 bits per heavy atom. The number of halogens is 6. The summed E-state index contributed by atoms with van der Waals surface area (Å²) in [4.78, 5) is 19.4. The highest BCUT2D eigenvalue weighted by Gasteiger charge is 2.38. The van der Waals surface area contributed by atoms with Crippen LogP contribution in [0.4, 0.5) is 26.3 Å². The second-order valence-corrected chi connectivity index (χ2v) is 3.25. The van der Waals surface area contributed by atoms with Crippen LogP contribution in [0.2, 0.25) is 0 Å². The Morgan fingerprint density at radius 3 is 1.80 bits per heavy atom. The van der Waals surface area contributed by atoms with Crippen LogP contribution in [-0.4, -0.2) is 23.2 Å². The first-order valence-corrected chi connectivity index (χ1v) is 4.63. The van der Waals surface area contributed by atoms with Crippen LogP contribution in [0.3, 0.4) is 0 Å². The summed E-state index contributed by atoms with van der Waals surface area (Å²) in [6, 6.07) is 3.98. The van der Waals surface area contributed by atoms with E-state index in [-0.39, 0.29) is 5.56 Å². The molecule has 3 N–H and O–H groups in total. The van der Waals surface area contributed by atoms with Crippen molar-refractivity contribution < 1.29 is 41.0 Å². The first kappa shape index (κ1) is 17.7. The van der Waals surface area contributed by atoms with Crippen LogP contribution in [0.5, 0.6) is 0 Å². The number of benzene rings is 1. The van der Waals surface area contributed by atoms with E-state index in [1.165, 1.54) is 6.07 Å². The number of rotatable bonds is 1. The highest BCUT2D eigenvalue weighted by atomic mass is 19.4. The van der Waals surface area contributed by atoms with Gasteiger partial charge in [0, 0.05) is 5.56 Å². The SMILES string of the molecule is NC(=O)c1cccc(C(F)(F)F)c1.O=C(O)C(F)(F)F. The molecule has 1 aromatic carbocycles. The van der Waals surface area contributed by atoms with Gasteiger partial charge in [0.05, 0.1) is 5.56 Å². The molecule has 4 nitrogen and oxygen atoms in total. The van der Waals surface area contributed by atoms with Crippen molar-refractivity contribution in [3.8, 4) is 0 Å². The van der Waals surface area contributed by atoms with Gasteiger partial charge >= 0.3 is 18.3 Å². The molecule has 0 saturated heterocycles. The van der Waals surface area contributed by atoms with Crippen LogP contribution in [0.15, 0.2) is 24.3 Å². The van der Waals surface area contributed by atoms with Gasteiger partial charge in [0.1, 0.15) is 0 Å². The maximum absolute atomic E-state index is 12.1. The molecule has 0 saturated carbocycles. The molecule has 0 aliphatic heterocycles. The lowest BCUT2D eigenvalue weighted by Crippen LogP contribution is -2.21. The molecule has 1 rings (SSSR count). The monoisotopic (exact) mass is 303 g/mol. The molecule has 10 heteroatoms. The van der Waals surface area contributed by atoms with Crippen molar-refractivity contribution in [2.24, 2.45) is 5.73 Å². The summed E-state index contributed by atoms with van der Waals surface area (Å²) in [5, 5.41) is 7.12. The van der Waals surface area contributed by atoms with E-state index < -0.39 is 29.8 Å². The Kier molecular flexibility index (Phi) is 5.55. The molecular weight excluding hydrogens is 296 g/mol. The maximum Gasteiger partial charge on any atom is 0.490 e. The summed E-state index contributed by atoms with van der Waals surface area (Å²) in [5.41, 5.74) is 3.80. The van der Waals surface area contributed by atoms with Gasteiger partial charge in [-0.25, -0.2) is 4.79 Å². The van der Waals surface area contributed by atoms with Crippen molar-refractivity contribution in [2.45, 2.75) is 12.4 Å². The Morgan fingerprint density at radius 2 is 1.50 bits per heavy atom. The number of carboxylic acids is 1. The third kappa shape index (κ3) is 6.07. The molecule has 0 aliphatic rings. The van der Waals surface area contributed by atoms with Crippen LogP contribution >= 0.6 is 0 Å². The minimum absolute atomic E-state index is 0.144. The van der Waals surface area contributed by atoms with E-state index >= 15 is 0 Å². The van der Waals surface area contributed by atoms with Crippen molar-refractivity contribution in [3.05, 3.63) is 35.4 Å². The highest BCUT2D eigenvalue weighted by Crippen LogP contribution is 2.29. The minimum atomic E-state index is -5.08. The van der Waals surface area contributed by atoms with E-state index in [4.69, 9.17) is 15.6 Å². The zero-order valence-electron chi connectivity index (χ0n) is 9.42. The third-order valence-corrected chi connectivity index (χ3v) is 1.72. The molecule has 0 aliphatic carbocycles. The number of carbonyl (C=O) groups excluding carboxylic acids is 1. The smallest absolute Gasteiger partial charge is 0.475 e. The van der Waals surface area contributed by atoms with Crippen molar-refractivity contribution in [3.63, 3.8) is 0 Å². The predicted octanol–water partition coefficient (Wildman–Crippen LogP) is 2.44. The number of primary amides is 1. The van der Waals surface area contributed by atoms with Gasteiger partial charge in [-0.3, -0.25) is 4.79 Å². The summed E-state index contributed by atoms with van der Waals surface area (Å²) >= 11 is 0. The topological polar surface area (TPSA) is 80.4 Å². The van der Waals surface area contributed by atoms with Crippen LogP contribution in [0.25, 0.3) is 0 Å². The maximum atomic E-state index is 12.1. The molecule has 0 radical (unpaired) electrons. The van der Waals surface area contributed by atoms with E-state index in [1.54, 1.807) is 0 Å². The lowest BCUT2D eigenvalue weighted by atomic mass is 10.1. The Labute approximate surface area is 107 Å². The number of carboxylic acid groups (broad SMARTS) is 1. The van der Waals surface area contributed by atoms with Crippen molar-refractivity contribution in [1.29, 1.82) is 0 Å². The Hall–Kier alpha value is -2.26. The van der Waals surface area contributed by atoms with Crippen LogP contribution in [0, 0.1) is 0 Å². The molecule has 0 spiro atoms. The lowest BCUT2D eigenvalue weighted by molar-refractivity contribution is -0.192. The number of alkyl halides is 6. The summed E-state index contributed by atoms with van der Waals surface area (Å²) in [7, 11) is 0. The molecule has 0 aromatic heterocycles. The van der Waals surface area contributed by atoms with Gasteiger partial charge in [-0.15, -0.1) is 0 Å². The van der Waals surface area contributed by atoms with E-state index in [1.807, 2.05) is 0 Å². The second kappa shape index (κ2) is 6.26. The van der Waals surface area contributed by atoms with Crippen LogP contribution in [-0.2, 0) is 11.0 Å². The average Bonchev–Trinajstić information content (AvgIpc) is 2.27. The fraction of sp³-hybridized carbons (Fsp3) is 0.200. The van der Waals surface area contributed by atoms with E-state index in [0.29, 0.717) is 0 Å². The summed E-state index contributed by atoms with van der Waals surface area (Å²) in [6.45, 7) is 0. The molecule has 0 fully saturated rings. The van der Waals surface area contributed by atoms with Crippen molar-refractivity contribution in [1.82, 2.24) is 0 Å². The molecule has 0 heterocycles. The molecule has 0 unspecified atom stereocenters. The lowest BCUT2D eigenvalue weighted by Gasteiger charge is -2.06. The van der Waals surface area contributed by atoms with Gasteiger partial charge < -0.3 is 10.8 Å². The van der Waals surface area contributed by atoms with Gasteiger partial charge in [0.2, 0.25) is 5.91 Å². The number of hydrogen-bond acceptors (Lipinski definition) is 2. The van der Waals surface area contributed by atoms with Crippen molar-refractivity contribution >= 4 is 11.9 Å². The predicted molar refractivity (Wildman–Crippen MR) is 53.7 cm³/mol. The molecular formula is C10H7F6NO3. The van der Waals surface area contributed by atoms with Gasteiger partial charge in [-0.05, 0) is 18.2 Å². The van der Waals surface area contributed by atoms with Crippen molar-refractivity contribution in [2.75, 3.05) is 0 Å². The van der Waals surface area contributed by atoms with E-state index in [0.717, 1.165) is 18.2 Å². The quantitative estimate of drug-likeness (QED) is 0.782. The number of aliphatic carboxylic acids is 1. The fourth-order valence-electron chi connectivity index (χ4n) is 0.849. The molecule has 112 valence electrons. The van der Waals surface area contributed by atoms with Crippen LogP contribution in [0.1, 0.15) is 15.9 Å². The number of carbonyl (C=O) groups is 2. The van der Waals surface area contributed by atoms with E-state index in [2.05, 4.69) is 0 Å². The van der Waals surface area contributed by atoms with Gasteiger partial charge in [-0.2, -0.15) is 26.3 Å². The molecule has 20 heavy (non-hydrogen) atoms. The number of nitrogens with two attached hydrogens (primary N) is 1. The second-order valence-electron chi connectivity index (χ2n) is 3.25. The largest absolute Gasteiger partial charge is 0.490 e. The Bertz CT molecular complexity index is 495. The standard InChI is InChI=1S/C8H6F3NO.C2HF3O2/c9-8(10,11)6-3-1-2-5(4-6)7(12)13;3-2(4,5)1(6)7/h1-4H,(H2,12,13);(H,6,7). The highest BCUT2D eigenvalue weighted by molar-refractivity contribution is 5.92. The number of hydrogen-bond donors (Lipinski definition) is 2. The normalized spacial score (nSPS) is 11.3. The molecule has 0 bridgehead atoms. The van der Waals surface area contributed by atoms with Gasteiger partial charge in [0.15, 0.2) is 0 Å². The zero-order chi connectivity index (χ0) is 16.1. The Balaban J connectivity index is 0.000000441. The summed E-state index contributed by atoms with van der Waals surface area (Å²) in [6.07, 6.45) is -9.52. The molecule has 0 atom stereocenters. The number of amides is 1. The van der Waals surface area contributed by atoms with E-state index in [9.17, 15) is 31.1 Å². The molecule has 1 aromatic rings. The minimum Gasteiger partial charge on any atom is -0.475 e. The first-order chi connectivity index (χ1) is 8.85. The fourth-order valence-corrected chi connectivity index (χ4v) is 0.849. The first-order valence-electron chi connectivity index (χ1n) is 4.63. The van der Waals surface area contributed by atoms with Crippen LogP contribution < -0.4 is 5.73 Å². The molecule has 1 amide bonds. The van der Waals surface area contributed by atoms with Gasteiger partial charge in [-0.1, -0.05) is 6.07 Å². The van der Waals surface area contributed by atoms with Gasteiger partial charge in [0.25, 0.3) is 0 Å². The average molecular weight is 303 g/mol. The summed E-state index contributed by atoms with van der Waals surface area (Å²) < 4.78 is 68.0.